The van der Waals surface area contributed by atoms with Crippen LogP contribution in [0.3, 0.4) is 0 Å². The number of aryl methyl sites for hydroxylation is 2. The van der Waals surface area contributed by atoms with E-state index in [1.165, 1.54) is 18.2 Å². The molecule has 2 N–H and O–H groups in total. The normalized spacial score (nSPS) is 13.0. The predicted molar refractivity (Wildman–Crippen MR) is 209 cm³/mol. The van der Waals surface area contributed by atoms with Crippen LogP contribution in [0.15, 0.2) is 77.8 Å². The third-order valence-corrected chi connectivity index (χ3v) is 9.06. The number of carbonyl (C=O) groups excluding carboxylic acids is 2. The van der Waals surface area contributed by atoms with E-state index in [0.717, 1.165) is 25.3 Å². The standard InChI is InChI=1S/C19H15FN6O2.C18H15BrFN5O2.2CN.Zn/c1-21-15-9-12-16(10-13(15)20)28-8-3-2-7-26-11-22-25-18(26)14-5-4-6-17(23-14)24-19(12)27;19-12-8-11-15(9-13(12)20)27-7-2-1-6-25-10-21-24-17(25)14-4-3-5-16(22-14)23-18(11)26;2*1-2;/h4-6,9-11H,2-3,7-8H2,(H,23,24,27);3-5,8-10H,1-2,6-7H2,(H,22,23,26);;;/q;;2*-1;+2. The second-order valence-corrected chi connectivity index (χ2v) is 13.1. The topological polar surface area (TPSA) is 216 Å². The van der Waals surface area contributed by atoms with E-state index in [0.29, 0.717) is 67.4 Å². The third kappa shape index (κ3) is 11.1. The van der Waals surface area contributed by atoms with Gasteiger partial charge in [0, 0.05) is 25.2 Å². The molecule has 0 aliphatic carbocycles. The summed E-state index contributed by atoms with van der Waals surface area (Å²) in [5.41, 5.74) is 1.26. The Morgan fingerprint density at radius 3 is 1.65 bits per heavy atom. The van der Waals surface area contributed by atoms with E-state index in [-0.39, 0.29) is 52.3 Å². The zero-order chi connectivity index (χ0) is 42.3. The van der Waals surface area contributed by atoms with Crippen molar-refractivity contribution in [1.29, 1.82) is 10.5 Å². The minimum Gasteiger partial charge on any atom is -0.512 e. The van der Waals surface area contributed by atoms with Crippen molar-refractivity contribution in [3.05, 3.63) is 125 Å². The van der Waals surface area contributed by atoms with Crippen molar-refractivity contribution in [3.8, 4) is 34.5 Å². The van der Waals surface area contributed by atoms with Crippen molar-refractivity contribution in [2.45, 2.75) is 38.8 Å². The van der Waals surface area contributed by atoms with Gasteiger partial charge < -0.3 is 52.9 Å². The molecule has 0 saturated carbocycles. The van der Waals surface area contributed by atoms with E-state index in [4.69, 9.17) is 39.7 Å². The molecule has 6 aromatic rings. The van der Waals surface area contributed by atoms with Gasteiger partial charge in [-0.05, 0) is 78.0 Å². The predicted octanol–water partition coefficient (Wildman–Crippen LogP) is 7.31. The Hall–Kier alpha value is -7.01. The maximum Gasteiger partial charge on any atom is 2.00 e. The number of nitrogens with one attached hydrogen (secondary N) is 2. The summed E-state index contributed by atoms with van der Waals surface area (Å²) >= 11 is 3.12. The molecule has 2 aliphatic rings. The first-order valence-electron chi connectivity index (χ1n) is 17.5. The Morgan fingerprint density at radius 2 is 1.17 bits per heavy atom. The molecule has 0 radical (unpaired) electrons. The van der Waals surface area contributed by atoms with Crippen molar-refractivity contribution in [2.75, 3.05) is 23.8 Å². The summed E-state index contributed by atoms with van der Waals surface area (Å²) in [4.78, 5) is 37.5. The molecule has 21 heteroatoms. The van der Waals surface area contributed by atoms with E-state index in [1.807, 2.05) is 15.2 Å². The van der Waals surface area contributed by atoms with Crippen LogP contribution >= 0.6 is 15.9 Å². The molecule has 2 amide bonds. The van der Waals surface area contributed by atoms with Crippen LogP contribution in [0, 0.1) is 41.9 Å². The van der Waals surface area contributed by atoms with Crippen LogP contribution in [-0.2, 0) is 32.6 Å². The molecule has 60 heavy (non-hydrogen) atoms. The number of hydrogen-bond donors (Lipinski definition) is 2. The molecule has 4 bridgehead atoms. The van der Waals surface area contributed by atoms with E-state index in [1.54, 1.807) is 43.0 Å². The molecule has 0 fully saturated rings. The zero-order valence-electron chi connectivity index (χ0n) is 31.5. The minimum atomic E-state index is -0.725. The van der Waals surface area contributed by atoms with E-state index in [2.05, 4.69) is 61.8 Å². The molecule has 0 saturated heterocycles. The number of pyridine rings is 2. The second kappa shape index (κ2) is 22.2. The molecular weight excluding hydrogens is 898 g/mol. The van der Waals surface area contributed by atoms with Gasteiger partial charge in [-0.15, -0.1) is 20.4 Å². The summed E-state index contributed by atoms with van der Waals surface area (Å²) in [6, 6.07) is 15.3. The van der Waals surface area contributed by atoms with Crippen LogP contribution in [0.5, 0.6) is 11.5 Å². The summed E-state index contributed by atoms with van der Waals surface area (Å²) in [6.45, 7) is 18.6. The first kappa shape index (κ1) is 45.7. The Bertz CT molecular complexity index is 2530. The number of carbonyl (C=O) groups is 2. The Morgan fingerprint density at radius 1 is 0.700 bits per heavy atom. The van der Waals surface area contributed by atoms with Gasteiger partial charge in [0.25, 0.3) is 11.8 Å². The van der Waals surface area contributed by atoms with Crippen molar-refractivity contribution >= 4 is 45.1 Å². The number of amides is 2. The third-order valence-electron chi connectivity index (χ3n) is 8.45. The Balaban J connectivity index is 0.000000241. The number of ether oxygens (including phenoxy) is 2. The molecule has 2 aliphatic heterocycles. The first-order valence-corrected chi connectivity index (χ1v) is 18.3. The first-order chi connectivity index (χ1) is 28.8. The molecular formula is C39H30BrF2N13O4Zn. The maximum absolute atomic E-state index is 14.0. The molecule has 0 atom stereocenters. The van der Waals surface area contributed by atoms with Gasteiger partial charge in [-0.2, -0.15) is 0 Å². The van der Waals surface area contributed by atoms with Crippen molar-refractivity contribution in [2.24, 2.45) is 0 Å². The Labute approximate surface area is 363 Å². The summed E-state index contributed by atoms with van der Waals surface area (Å²) < 4.78 is 43.3. The van der Waals surface area contributed by atoms with Gasteiger partial charge in [0.2, 0.25) is 5.69 Å². The molecule has 17 nitrogen and oxygen atoms in total. The quantitative estimate of drug-likeness (QED) is 0.113. The molecule has 8 rings (SSSR count). The number of benzene rings is 2. The van der Waals surface area contributed by atoms with Crippen LogP contribution in [0.1, 0.15) is 46.4 Å². The van der Waals surface area contributed by atoms with Gasteiger partial charge in [0.1, 0.15) is 58.8 Å². The Kier molecular flexibility index (Phi) is 16.9. The van der Waals surface area contributed by atoms with Gasteiger partial charge in [-0.1, -0.05) is 12.1 Å². The summed E-state index contributed by atoms with van der Waals surface area (Å²) in [6.07, 6.45) is 6.27. The maximum atomic E-state index is 14.0. The van der Waals surface area contributed by atoms with Crippen LogP contribution < -0.4 is 20.1 Å². The zero-order valence-corrected chi connectivity index (χ0v) is 36.0. The largest absolute Gasteiger partial charge is 2.00 e. The number of fused-ring (bicyclic) bond motifs is 10. The number of anilines is 2. The number of nitrogens with zero attached hydrogens (tertiary/aromatic N) is 11. The smallest absolute Gasteiger partial charge is 0.512 e. The number of aromatic nitrogens is 8. The van der Waals surface area contributed by atoms with Crippen LogP contribution in [0.25, 0.3) is 27.9 Å². The van der Waals surface area contributed by atoms with Gasteiger partial charge in [0.15, 0.2) is 11.6 Å². The van der Waals surface area contributed by atoms with Gasteiger partial charge >= 0.3 is 19.5 Å². The number of rotatable bonds is 0. The van der Waals surface area contributed by atoms with E-state index >= 15 is 0 Å². The fraction of sp³-hybridized carbons (Fsp3) is 0.205. The molecule has 2 aromatic carbocycles. The number of hydrogen-bond acceptors (Lipinski definition) is 12. The summed E-state index contributed by atoms with van der Waals surface area (Å²) in [5.74, 6) is 0.00295. The van der Waals surface area contributed by atoms with E-state index < -0.39 is 23.4 Å². The second-order valence-electron chi connectivity index (χ2n) is 12.2. The minimum absolute atomic E-state index is 0. The molecule has 298 valence electrons. The fourth-order valence-corrected chi connectivity index (χ4v) is 6.09. The monoisotopic (exact) mass is 925 g/mol. The van der Waals surface area contributed by atoms with Gasteiger partial charge in [0.05, 0.1) is 35.4 Å². The van der Waals surface area contributed by atoms with Crippen LogP contribution in [-0.4, -0.2) is 64.5 Å². The van der Waals surface area contributed by atoms with Crippen LogP contribution in [0.4, 0.5) is 26.1 Å². The summed E-state index contributed by atoms with van der Waals surface area (Å²) in [5, 5.41) is 34.1. The molecule has 0 spiro atoms. The van der Waals surface area contributed by atoms with Crippen LogP contribution in [0.2, 0.25) is 0 Å². The molecule has 0 unspecified atom stereocenters. The SMILES string of the molecule is O=C1Nc2cccc(n2)-c2nncn2CCCCOc2cc(F)c(Br)cc21.[C-]#N.[C-]#N.[C-]#[N+]c1cc2c(cc1F)OCCCCn1cnnc1-c1cccc(n1)NC2=O.[Zn+2]. The van der Waals surface area contributed by atoms with E-state index in [9.17, 15) is 18.4 Å². The number of halogens is 3. The van der Waals surface area contributed by atoms with Crippen molar-refractivity contribution < 1.29 is 47.3 Å². The molecule has 4 aromatic heterocycles. The fourth-order valence-electron chi connectivity index (χ4n) is 5.74. The average Bonchev–Trinajstić information content (AvgIpc) is 3.93. The van der Waals surface area contributed by atoms with Gasteiger partial charge in [-0.3, -0.25) is 9.59 Å². The molecule has 6 heterocycles. The van der Waals surface area contributed by atoms with Crippen molar-refractivity contribution in [1.82, 2.24) is 39.5 Å². The van der Waals surface area contributed by atoms with Crippen molar-refractivity contribution in [3.63, 3.8) is 0 Å². The average molecular weight is 928 g/mol. The summed E-state index contributed by atoms with van der Waals surface area (Å²) in [7, 11) is 0. The van der Waals surface area contributed by atoms with Gasteiger partial charge in [-0.25, -0.2) is 23.6 Å².